The van der Waals surface area contributed by atoms with Gasteiger partial charge in [0.1, 0.15) is 5.60 Å². The Hall–Kier alpha value is -1.77. The van der Waals surface area contributed by atoms with Crippen LogP contribution < -0.4 is 5.32 Å². The lowest BCUT2D eigenvalue weighted by molar-refractivity contribution is -0.137. The van der Waals surface area contributed by atoms with Crippen molar-refractivity contribution in [3.05, 3.63) is 29.8 Å². The van der Waals surface area contributed by atoms with E-state index in [-0.39, 0.29) is 17.7 Å². The van der Waals surface area contributed by atoms with Crippen molar-refractivity contribution in [1.82, 2.24) is 5.32 Å². The van der Waals surface area contributed by atoms with E-state index >= 15 is 0 Å². The van der Waals surface area contributed by atoms with Crippen LogP contribution in [0.2, 0.25) is 0 Å². The predicted octanol–water partition coefficient (Wildman–Crippen LogP) is 4.56. The van der Waals surface area contributed by atoms with Gasteiger partial charge in [-0.25, -0.2) is 13.2 Å². The first-order chi connectivity index (χ1) is 12.7. The van der Waals surface area contributed by atoms with E-state index < -0.39 is 43.9 Å². The molecule has 0 radical (unpaired) electrons. The van der Waals surface area contributed by atoms with Crippen LogP contribution in [0.3, 0.4) is 0 Å². The zero-order valence-electron chi connectivity index (χ0n) is 16.4. The van der Waals surface area contributed by atoms with Gasteiger partial charge in [-0.05, 0) is 43.9 Å². The standard InChI is InChI=1S/C19H26F3NO4S/c1-17(2,3)18(27-16(24)23-4)10-8-14(9-11-18)28(25,26)15-7-5-6-13(12-15)19(20,21)22/h5-7,12,14H,8-11H2,1-4H3,(H,23,24). The zero-order chi connectivity index (χ0) is 21.4. The molecule has 5 nitrogen and oxygen atoms in total. The molecule has 0 atom stereocenters. The molecule has 28 heavy (non-hydrogen) atoms. The minimum atomic E-state index is -4.61. The molecule has 1 amide bonds. The Kier molecular flexibility index (Phi) is 6.09. The fourth-order valence-electron chi connectivity index (χ4n) is 3.64. The highest BCUT2D eigenvalue weighted by Gasteiger charge is 2.50. The third kappa shape index (κ3) is 4.45. The highest BCUT2D eigenvalue weighted by atomic mass is 32.2. The Labute approximate surface area is 163 Å². The van der Waals surface area contributed by atoms with Gasteiger partial charge in [0.15, 0.2) is 9.84 Å². The lowest BCUT2D eigenvalue weighted by Crippen LogP contribution is -2.52. The zero-order valence-corrected chi connectivity index (χ0v) is 17.2. The number of rotatable bonds is 3. The Morgan fingerprint density at radius 3 is 2.21 bits per heavy atom. The van der Waals surface area contributed by atoms with E-state index in [1.54, 1.807) is 0 Å². The second-order valence-corrected chi connectivity index (χ2v) is 10.4. The number of sulfone groups is 1. The summed E-state index contributed by atoms with van der Waals surface area (Å²) in [6.45, 7) is 5.74. The van der Waals surface area contributed by atoms with Crippen LogP contribution in [0.25, 0.3) is 0 Å². The van der Waals surface area contributed by atoms with E-state index in [9.17, 15) is 26.4 Å². The van der Waals surface area contributed by atoms with Gasteiger partial charge in [-0.3, -0.25) is 0 Å². The number of benzene rings is 1. The first kappa shape index (κ1) is 22.5. The predicted molar refractivity (Wildman–Crippen MR) is 98.6 cm³/mol. The van der Waals surface area contributed by atoms with Crippen LogP contribution in [-0.4, -0.2) is 32.4 Å². The molecule has 0 unspecified atom stereocenters. The minimum Gasteiger partial charge on any atom is -0.442 e. The monoisotopic (exact) mass is 421 g/mol. The minimum absolute atomic E-state index is 0.201. The Balaban J connectivity index is 2.27. The van der Waals surface area contributed by atoms with Gasteiger partial charge in [0, 0.05) is 12.5 Å². The molecule has 0 bridgehead atoms. The number of hydrogen-bond acceptors (Lipinski definition) is 4. The van der Waals surface area contributed by atoms with Crippen molar-refractivity contribution in [2.75, 3.05) is 7.05 Å². The van der Waals surface area contributed by atoms with E-state index in [1.807, 2.05) is 20.8 Å². The number of halogens is 3. The Morgan fingerprint density at radius 1 is 1.18 bits per heavy atom. The summed E-state index contributed by atoms with van der Waals surface area (Å²) in [5.74, 6) is 0. The van der Waals surface area contributed by atoms with Crippen LogP contribution >= 0.6 is 0 Å². The average molecular weight is 421 g/mol. The maximum Gasteiger partial charge on any atom is 0.416 e. The maximum absolute atomic E-state index is 12.9. The molecule has 0 aliphatic heterocycles. The molecule has 0 aromatic heterocycles. The van der Waals surface area contributed by atoms with Crippen LogP contribution in [0.15, 0.2) is 29.2 Å². The highest BCUT2D eigenvalue weighted by Crippen LogP contribution is 2.47. The van der Waals surface area contributed by atoms with Gasteiger partial charge in [-0.2, -0.15) is 13.2 Å². The molecular formula is C19H26F3NO4S. The molecule has 9 heteroatoms. The van der Waals surface area contributed by atoms with Crippen molar-refractivity contribution in [2.45, 2.75) is 68.4 Å². The molecule has 1 fully saturated rings. The van der Waals surface area contributed by atoms with Crippen LogP contribution in [0.4, 0.5) is 18.0 Å². The number of carbonyl (C=O) groups excluding carboxylic acids is 1. The van der Waals surface area contributed by atoms with Gasteiger partial charge in [-0.15, -0.1) is 0 Å². The smallest absolute Gasteiger partial charge is 0.416 e. The number of hydrogen-bond donors (Lipinski definition) is 1. The fourth-order valence-corrected chi connectivity index (χ4v) is 5.44. The van der Waals surface area contributed by atoms with Gasteiger partial charge in [-0.1, -0.05) is 26.8 Å². The summed E-state index contributed by atoms with van der Waals surface area (Å²) in [7, 11) is -2.48. The van der Waals surface area contributed by atoms with E-state index in [4.69, 9.17) is 4.74 Å². The molecule has 1 aromatic rings. The van der Waals surface area contributed by atoms with Crippen LogP contribution in [-0.2, 0) is 20.8 Å². The van der Waals surface area contributed by atoms with Crippen molar-refractivity contribution < 1.29 is 31.1 Å². The quantitative estimate of drug-likeness (QED) is 0.776. The summed E-state index contributed by atoms with van der Waals surface area (Å²) in [4.78, 5) is 11.5. The van der Waals surface area contributed by atoms with Crippen LogP contribution in [0, 0.1) is 5.41 Å². The molecule has 158 valence electrons. The first-order valence-corrected chi connectivity index (χ1v) is 10.6. The number of ether oxygens (including phenoxy) is 1. The van der Waals surface area contributed by atoms with Gasteiger partial charge in [0.2, 0.25) is 0 Å². The topological polar surface area (TPSA) is 72.5 Å². The van der Waals surface area contributed by atoms with E-state index in [0.29, 0.717) is 18.9 Å². The molecular weight excluding hydrogens is 395 g/mol. The third-order valence-electron chi connectivity index (χ3n) is 5.53. The second kappa shape index (κ2) is 7.57. The molecule has 1 saturated carbocycles. The third-order valence-corrected chi connectivity index (χ3v) is 7.79. The summed E-state index contributed by atoms with van der Waals surface area (Å²) in [5, 5.41) is 1.59. The van der Waals surface area contributed by atoms with Gasteiger partial charge in [0.05, 0.1) is 15.7 Å². The number of alkyl halides is 3. The summed E-state index contributed by atoms with van der Waals surface area (Å²) in [6.07, 6.45) is -4.17. The Morgan fingerprint density at radius 2 is 1.75 bits per heavy atom. The molecule has 0 spiro atoms. The molecule has 1 aliphatic rings. The number of carbonyl (C=O) groups is 1. The Bertz CT molecular complexity index is 820. The van der Waals surface area contributed by atoms with Gasteiger partial charge < -0.3 is 10.1 Å². The van der Waals surface area contributed by atoms with Crippen molar-refractivity contribution >= 4 is 15.9 Å². The van der Waals surface area contributed by atoms with Crippen molar-refractivity contribution in [3.8, 4) is 0 Å². The summed E-state index contributed by atoms with van der Waals surface area (Å²) < 4.78 is 70.3. The summed E-state index contributed by atoms with van der Waals surface area (Å²) >= 11 is 0. The van der Waals surface area contributed by atoms with Gasteiger partial charge >= 0.3 is 12.3 Å². The molecule has 1 N–H and O–H groups in total. The molecule has 0 heterocycles. The number of amides is 1. The molecule has 1 aromatic carbocycles. The van der Waals surface area contributed by atoms with E-state index in [0.717, 1.165) is 12.1 Å². The fraction of sp³-hybridized carbons (Fsp3) is 0.632. The van der Waals surface area contributed by atoms with Crippen molar-refractivity contribution in [2.24, 2.45) is 5.41 Å². The molecule has 0 saturated heterocycles. The van der Waals surface area contributed by atoms with E-state index in [2.05, 4.69) is 5.32 Å². The maximum atomic E-state index is 12.9. The second-order valence-electron chi connectivity index (χ2n) is 8.15. The first-order valence-electron chi connectivity index (χ1n) is 9.05. The average Bonchev–Trinajstić information content (AvgIpc) is 2.60. The van der Waals surface area contributed by atoms with Gasteiger partial charge in [0.25, 0.3) is 0 Å². The van der Waals surface area contributed by atoms with Crippen LogP contribution in [0.5, 0.6) is 0 Å². The SMILES string of the molecule is CNC(=O)OC1(C(C)(C)C)CCC(S(=O)(=O)c2cccc(C(F)(F)F)c2)CC1. The molecule has 2 rings (SSSR count). The summed E-state index contributed by atoms with van der Waals surface area (Å²) in [5.41, 5.74) is -2.26. The lowest BCUT2D eigenvalue weighted by atomic mass is 9.68. The number of alkyl carbamates (subject to hydrolysis) is 1. The number of nitrogens with one attached hydrogen (secondary N) is 1. The largest absolute Gasteiger partial charge is 0.442 e. The van der Waals surface area contributed by atoms with E-state index in [1.165, 1.54) is 13.1 Å². The highest BCUT2D eigenvalue weighted by molar-refractivity contribution is 7.92. The van der Waals surface area contributed by atoms with Crippen molar-refractivity contribution in [3.63, 3.8) is 0 Å². The normalized spacial score (nSPS) is 23.9. The summed E-state index contributed by atoms with van der Waals surface area (Å²) in [6, 6.07) is 3.83. The molecule has 1 aliphatic carbocycles. The lowest BCUT2D eigenvalue weighted by Gasteiger charge is -2.47. The van der Waals surface area contributed by atoms with Crippen LogP contribution in [0.1, 0.15) is 52.0 Å². The van der Waals surface area contributed by atoms with Crippen molar-refractivity contribution in [1.29, 1.82) is 0 Å².